The molecule has 2 aliphatic heterocycles. The minimum Gasteiger partial charge on any atom is -0.346 e. The van der Waals surface area contributed by atoms with E-state index in [-0.39, 0.29) is 24.2 Å². The number of fused-ring (bicyclic) bond motifs is 1. The van der Waals surface area contributed by atoms with Crippen LogP contribution in [0.2, 0.25) is 0 Å². The number of nitrogens with zero attached hydrogens (tertiary/aromatic N) is 2. The van der Waals surface area contributed by atoms with Crippen molar-refractivity contribution < 1.29 is 9.59 Å². The summed E-state index contributed by atoms with van der Waals surface area (Å²) in [5.74, 6) is -0.371. The lowest BCUT2D eigenvalue weighted by atomic mass is 9.96. The van der Waals surface area contributed by atoms with Gasteiger partial charge in [0.05, 0.1) is 5.92 Å². The number of hydrogen-bond donors (Lipinski definition) is 1. The molecule has 0 aliphatic carbocycles. The van der Waals surface area contributed by atoms with Gasteiger partial charge in [-0.15, -0.1) is 0 Å². The van der Waals surface area contributed by atoms with E-state index < -0.39 is 0 Å². The first-order valence-corrected chi connectivity index (χ1v) is 8.90. The molecule has 1 aromatic rings. The number of hydrogen-bond acceptors (Lipinski definition) is 3. The number of carbonyl (C=O) groups excluding carboxylic acids is 2. The summed E-state index contributed by atoms with van der Waals surface area (Å²) in [7, 11) is 4.02. The Morgan fingerprint density at radius 2 is 2.12 bits per heavy atom. The summed E-state index contributed by atoms with van der Waals surface area (Å²) in [5.41, 5.74) is 1.78. The van der Waals surface area contributed by atoms with E-state index in [4.69, 9.17) is 0 Å². The lowest BCUT2D eigenvalue weighted by molar-refractivity contribution is -0.132. The summed E-state index contributed by atoms with van der Waals surface area (Å²) in [6, 6.07) is 8.21. The van der Waals surface area contributed by atoms with Crippen molar-refractivity contribution in [3.63, 3.8) is 0 Å². The normalized spacial score (nSPS) is 23.7. The minimum absolute atomic E-state index is 0.0466. The average Bonchev–Trinajstić information content (AvgIpc) is 2.89. The molecule has 1 fully saturated rings. The van der Waals surface area contributed by atoms with Gasteiger partial charge >= 0.3 is 0 Å². The van der Waals surface area contributed by atoms with Crippen molar-refractivity contribution in [1.82, 2.24) is 9.80 Å². The molecule has 24 heavy (non-hydrogen) atoms. The molecular weight excluding hydrogens is 302 g/mol. The molecule has 0 bridgehead atoms. The second-order valence-electron chi connectivity index (χ2n) is 7.07. The zero-order valence-corrected chi connectivity index (χ0v) is 14.6. The highest BCUT2D eigenvalue weighted by atomic mass is 16.2. The summed E-state index contributed by atoms with van der Waals surface area (Å²) in [5, 5.41) is 2.86. The van der Waals surface area contributed by atoms with Gasteiger partial charge in [0.2, 0.25) is 11.8 Å². The summed E-state index contributed by atoms with van der Waals surface area (Å²) in [6.07, 6.45) is 5.03. The number of anilines is 1. The van der Waals surface area contributed by atoms with Crippen LogP contribution in [-0.4, -0.2) is 54.8 Å². The van der Waals surface area contributed by atoms with Crippen LogP contribution in [0.5, 0.6) is 0 Å². The first kappa shape index (κ1) is 17.0. The van der Waals surface area contributed by atoms with Gasteiger partial charge in [0.15, 0.2) is 0 Å². The van der Waals surface area contributed by atoms with Crippen molar-refractivity contribution in [3.05, 3.63) is 29.8 Å². The number of para-hydroxylation sites is 1. The molecule has 1 N–H and O–H groups in total. The Kier molecular flexibility index (Phi) is 5.19. The Morgan fingerprint density at radius 3 is 2.92 bits per heavy atom. The van der Waals surface area contributed by atoms with E-state index in [1.54, 1.807) is 4.90 Å². The van der Waals surface area contributed by atoms with Gasteiger partial charge in [-0.1, -0.05) is 24.6 Å². The van der Waals surface area contributed by atoms with E-state index in [0.717, 1.165) is 30.8 Å². The van der Waals surface area contributed by atoms with Crippen molar-refractivity contribution in [2.45, 2.75) is 44.1 Å². The molecule has 0 radical (unpaired) electrons. The maximum atomic E-state index is 12.5. The third kappa shape index (κ3) is 3.61. The standard InChI is InChI=1S/C19H27N3O2/c1-21-11-6-5-7-14(21)10-12-22(2)18(23)13-16-15-8-3-4-9-17(15)20-19(16)24/h3-4,8-9,14,16H,5-7,10-13H2,1-2H3,(H,20,24). The zero-order chi connectivity index (χ0) is 17.1. The summed E-state index contributed by atoms with van der Waals surface area (Å²) in [4.78, 5) is 28.9. The summed E-state index contributed by atoms with van der Waals surface area (Å²) >= 11 is 0. The Hall–Kier alpha value is -1.88. The third-order valence-electron chi connectivity index (χ3n) is 5.43. The Morgan fingerprint density at radius 1 is 1.33 bits per heavy atom. The van der Waals surface area contributed by atoms with Crippen LogP contribution < -0.4 is 5.32 Å². The number of likely N-dealkylation sites (tertiary alicyclic amines) is 1. The van der Waals surface area contributed by atoms with Gasteiger partial charge < -0.3 is 15.1 Å². The van der Waals surface area contributed by atoms with E-state index in [2.05, 4.69) is 17.3 Å². The van der Waals surface area contributed by atoms with Crippen molar-refractivity contribution in [2.75, 3.05) is 32.5 Å². The quantitative estimate of drug-likeness (QED) is 0.903. The number of piperidine rings is 1. The van der Waals surface area contributed by atoms with E-state index >= 15 is 0 Å². The van der Waals surface area contributed by atoms with Crippen molar-refractivity contribution in [1.29, 1.82) is 0 Å². The largest absolute Gasteiger partial charge is 0.346 e. The van der Waals surface area contributed by atoms with Crippen molar-refractivity contribution in [2.24, 2.45) is 0 Å². The van der Waals surface area contributed by atoms with Gasteiger partial charge in [-0.25, -0.2) is 0 Å². The second kappa shape index (κ2) is 7.34. The molecule has 1 saturated heterocycles. The SMILES string of the molecule is CN(CCC1CCCCN1C)C(=O)CC1C(=O)Nc2ccccc21. The van der Waals surface area contributed by atoms with Crippen LogP contribution in [0.1, 0.15) is 43.6 Å². The molecule has 1 aromatic carbocycles. The van der Waals surface area contributed by atoms with Gasteiger partial charge in [-0.2, -0.15) is 0 Å². The molecule has 2 atom stereocenters. The molecule has 5 heteroatoms. The minimum atomic E-state index is -0.353. The Balaban J connectivity index is 1.54. The van der Waals surface area contributed by atoms with Gasteiger partial charge in [-0.3, -0.25) is 9.59 Å². The first-order chi connectivity index (χ1) is 11.6. The smallest absolute Gasteiger partial charge is 0.232 e. The van der Waals surface area contributed by atoms with Gasteiger partial charge in [0.1, 0.15) is 0 Å². The van der Waals surface area contributed by atoms with E-state index in [0.29, 0.717) is 6.04 Å². The number of carbonyl (C=O) groups is 2. The molecular formula is C19H27N3O2. The highest BCUT2D eigenvalue weighted by Crippen LogP contribution is 2.34. The second-order valence-corrected chi connectivity index (χ2v) is 7.07. The predicted octanol–water partition coefficient (Wildman–Crippen LogP) is 2.45. The van der Waals surface area contributed by atoms with Crippen LogP contribution in [0, 0.1) is 0 Å². The van der Waals surface area contributed by atoms with E-state index in [1.165, 1.54) is 19.3 Å². The summed E-state index contributed by atoms with van der Waals surface area (Å²) in [6.45, 7) is 1.91. The van der Waals surface area contributed by atoms with Crippen LogP contribution in [0.3, 0.4) is 0 Å². The molecule has 0 spiro atoms. The van der Waals surface area contributed by atoms with Crippen molar-refractivity contribution >= 4 is 17.5 Å². The number of amides is 2. The maximum absolute atomic E-state index is 12.5. The number of rotatable bonds is 5. The molecule has 5 nitrogen and oxygen atoms in total. The highest BCUT2D eigenvalue weighted by molar-refractivity contribution is 6.04. The van der Waals surface area contributed by atoms with Gasteiger partial charge in [0.25, 0.3) is 0 Å². The lowest BCUT2D eigenvalue weighted by Crippen LogP contribution is -2.39. The van der Waals surface area contributed by atoms with Crippen LogP contribution in [0.25, 0.3) is 0 Å². The van der Waals surface area contributed by atoms with Crippen molar-refractivity contribution in [3.8, 4) is 0 Å². The molecule has 2 aliphatic rings. The third-order valence-corrected chi connectivity index (χ3v) is 5.43. The molecule has 2 amide bonds. The Labute approximate surface area is 144 Å². The molecule has 0 aromatic heterocycles. The molecule has 130 valence electrons. The van der Waals surface area contributed by atoms with Gasteiger partial charge in [0, 0.05) is 31.7 Å². The fraction of sp³-hybridized carbons (Fsp3) is 0.579. The Bertz CT molecular complexity index is 616. The maximum Gasteiger partial charge on any atom is 0.232 e. The van der Waals surface area contributed by atoms with E-state index in [1.807, 2.05) is 31.3 Å². The predicted molar refractivity (Wildman–Crippen MR) is 95.0 cm³/mol. The van der Waals surface area contributed by atoms with Crippen LogP contribution in [-0.2, 0) is 9.59 Å². The molecule has 2 unspecified atom stereocenters. The molecule has 2 heterocycles. The summed E-state index contributed by atoms with van der Waals surface area (Å²) < 4.78 is 0. The number of nitrogens with one attached hydrogen (secondary N) is 1. The molecule has 0 saturated carbocycles. The fourth-order valence-corrected chi connectivity index (χ4v) is 3.79. The van der Waals surface area contributed by atoms with Crippen LogP contribution in [0.15, 0.2) is 24.3 Å². The monoisotopic (exact) mass is 329 g/mol. The average molecular weight is 329 g/mol. The van der Waals surface area contributed by atoms with Crippen LogP contribution >= 0.6 is 0 Å². The van der Waals surface area contributed by atoms with E-state index in [9.17, 15) is 9.59 Å². The topological polar surface area (TPSA) is 52.7 Å². The lowest BCUT2D eigenvalue weighted by Gasteiger charge is -2.33. The highest BCUT2D eigenvalue weighted by Gasteiger charge is 2.32. The zero-order valence-electron chi connectivity index (χ0n) is 14.6. The first-order valence-electron chi connectivity index (χ1n) is 8.90. The van der Waals surface area contributed by atoms with Gasteiger partial charge in [-0.05, 0) is 44.5 Å². The van der Waals surface area contributed by atoms with Crippen LogP contribution in [0.4, 0.5) is 5.69 Å². The number of benzene rings is 1. The fourth-order valence-electron chi connectivity index (χ4n) is 3.79. The molecule has 3 rings (SSSR count).